The van der Waals surface area contributed by atoms with Gasteiger partial charge >= 0.3 is 0 Å². The molecule has 0 N–H and O–H groups in total. The normalized spacial score (nSPS) is 28.4. The molecule has 0 saturated heterocycles. The average molecular weight is 266 g/mol. The van der Waals surface area contributed by atoms with Gasteiger partial charge in [-0.2, -0.15) is 0 Å². The van der Waals surface area contributed by atoms with Crippen LogP contribution in [0.3, 0.4) is 0 Å². The van der Waals surface area contributed by atoms with Gasteiger partial charge in [-0.05, 0) is 41.0 Å². The zero-order valence-corrected chi connectivity index (χ0v) is 13.5. The molecule has 1 aromatic rings. The van der Waals surface area contributed by atoms with Gasteiger partial charge in [0.1, 0.15) is 0 Å². The lowest BCUT2D eigenvalue weighted by atomic mass is 9.55. The van der Waals surface area contributed by atoms with Gasteiger partial charge in [0, 0.05) is 11.3 Å². The van der Waals surface area contributed by atoms with Gasteiger partial charge in [0.2, 0.25) is 0 Å². The Labute approximate surface area is 123 Å². The molecule has 106 valence electrons. The molecule has 3 aliphatic carbocycles. The summed E-state index contributed by atoms with van der Waals surface area (Å²) in [6.07, 6.45) is 5.12. The minimum Gasteiger partial charge on any atom is -0.0725 e. The van der Waals surface area contributed by atoms with E-state index in [1.165, 1.54) is 18.4 Å². The molecule has 0 amide bonds. The first-order valence-corrected chi connectivity index (χ1v) is 7.94. The second-order valence-electron chi connectivity index (χ2n) is 7.51. The van der Waals surface area contributed by atoms with E-state index in [1.807, 2.05) is 0 Å². The van der Waals surface area contributed by atoms with Crippen LogP contribution in [0.15, 0.2) is 53.1 Å². The Bertz CT molecular complexity index is 580. The van der Waals surface area contributed by atoms with E-state index < -0.39 is 0 Å². The summed E-state index contributed by atoms with van der Waals surface area (Å²) in [5.74, 6) is 0.675. The smallest absolute Gasteiger partial charge is 0.0394 e. The maximum atomic E-state index is 2.56. The van der Waals surface area contributed by atoms with E-state index in [9.17, 15) is 0 Å². The standard InChI is InChI=1S/C20H26/c1-6-10-14-13-16-18(19(2,3)4)17(14)20(16,5)15-11-8-7-9-12-15/h7-9,11-14H,6,10H2,1-5H3. The second kappa shape index (κ2) is 4.35. The number of allylic oxidation sites excluding steroid dienone is 4. The zero-order chi connectivity index (χ0) is 14.5. The maximum Gasteiger partial charge on any atom is 0.0394 e. The number of fused-ring (bicyclic) bond motifs is 1. The first-order valence-electron chi connectivity index (χ1n) is 7.94. The van der Waals surface area contributed by atoms with Crippen LogP contribution in [-0.4, -0.2) is 0 Å². The molecule has 0 radical (unpaired) electrons. The molecule has 2 atom stereocenters. The first kappa shape index (κ1) is 13.7. The van der Waals surface area contributed by atoms with Crippen LogP contribution in [0.4, 0.5) is 0 Å². The molecule has 3 aliphatic rings. The van der Waals surface area contributed by atoms with Crippen LogP contribution in [-0.2, 0) is 5.41 Å². The van der Waals surface area contributed by atoms with Gasteiger partial charge < -0.3 is 0 Å². The molecular formula is C20H26. The Morgan fingerprint density at radius 2 is 1.75 bits per heavy atom. The quantitative estimate of drug-likeness (QED) is 0.662. The van der Waals surface area contributed by atoms with Crippen LogP contribution >= 0.6 is 0 Å². The van der Waals surface area contributed by atoms with Crippen molar-refractivity contribution in [2.45, 2.75) is 52.9 Å². The van der Waals surface area contributed by atoms with E-state index in [0.29, 0.717) is 5.92 Å². The van der Waals surface area contributed by atoms with E-state index in [1.54, 1.807) is 16.7 Å². The van der Waals surface area contributed by atoms with Crippen LogP contribution in [0.2, 0.25) is 0 Å². The minimum atomic E-state index is 0.184. The number of rotatable bonds is 3. The predicted molar refractivity (Wildman–Crippen MR) is 86.8 cm³/mol. The molecule has 2 unspecified atom stereocenters. The zero-order valence-electron chi connectivity index (χ0n) is 13.5. The molecule has 0 aromatic heterocycles. The summed E-state index contributed by atoms with van der Waals surface area (Å²) >= 11 is 0. The van der Waals surface area contributed by atoms with Gasteiger partial charge in [0.05, 0.1) is 0 Å². The van der Waals surface area contributed by atoms with E-state index in [2.05, 4.69) is 71.0 Å². The molecule has 0 heterocycles. The van der Waals surface area contributed by atoms with Crippen molar-refractivity contribution >= 4 is 0 Å². The van der Waals surface area contributed by atoms with Crippen molar-refractivity contribution in [2.24, 2.45) is 11.3 Å². The lowest BCUT2D eigenvalue weighted by Gasteiger charge is -2.48. The van der Waals surface area contributed by atoms with Crippen LogP contribution in [0.1, 0.15) is 53.0 Å². The molecule has 0 spiro atoms. The van der Waals surface area contributed by atoms with Gasteiger partial charge in [0.25, 0.3) is 0 Å². The van der Waals surface area contributed by atoms with Gasteiger partial charge in [-0.3, -0.25) is 0 Å². The number of hydrogen-bond donors (Lipinski definition) is 0. The van der Waals surface area contributed by atoms with Crippen molar-refractivity contribution in [3.8, 4) is 0 Å². The molecule has 0 heteroatoms. The van der Waals surface area contributed by atoms with Crippen LogP contribution in [0.25, 0.3) is 0 Å². The van der Waals surface area contributed by atoms with Crippen LogP contribution in [0.5, 0.6) is 0 Å². The molecular weight excluding hydrogens is 240 g/mol. The summed E-state index contributed by atoms with van der Waals surface area (Å²) in [5, 5.41) is 0. The summed E-state index contributed by atoms with van der Waals surface area (Å²) in [6, 6.07) is 11.0. The number of hydrogen-bond acceptors (Lipinski definition) is 0. The summed E-state index contributed by atoms with van der Waals surface area (Å²) in [4.78, 5) is 0. The van der Waals surface area contributed by atoms with Crippen molar-refractivity contribution < 1.29 is 0 Å². The number of benzene rings is 1. The Kier molecular flexibility index (Phi) is 2.97. The molecule has 1 aromatic carbocycles. The molecule has 0 fully saturated rings. The highest BCUT2D eigenvalue weighted by Crippen LogP contribution is 2.65. The molecule has 0 aliphatic heterocycles. The molecule has 4 rings (SSSR count). The van der Waals surface area contributed by atoms with Crippen LogP contribution < -0.4 is 0 Å². The second-order valence-corrected chi connectivity index (χ2v) is 7.51. The van der Waals surface area contributed by atoms with Gasteiger partial charge in [0.15, 0.2) is 0 Å². The molecule has 0 nitrogen and oxygen atoms in total. The summed E-state index contributed by atoms with van der Waals surface area (Å²) in [5.41, 5.74) is 6.87. The third-order valence-corrected chi connectivity index (χ3v) is 5.06. The van der Waals surface area contributed by atoms with Crippen LogP contribution in [0, 0.1) is 11.3 Å². The van der Waals surface area contributed by atoms with Crippen molar-refractivity contribution in [3.63, 3.8) is 0 Å². The fourth-order valence-electron chi connectivity index (χ4n) is 4.25. The Morgan fingerprint density at radius 3 is 2.30 bits per heavy atom. The monoisotopic (exact) mass is 266 g/mol. The maximum absolute atomic E-state index is 2.56. The average Bonchev–Trinajstić information content (AvgIpc) is 2.92. The minimum absolute atomic E-state index is 0.184. The first-order chi connectivity index (χ1) is 9.40. The molecule has 0 saturated carbocycles. The fourth-order valence-corrected chi connectivity index (χ4v) is 4.25. The largest absolute Gasteiger partial charge is 0.0725 e. The van der Waals surface area contributed by atoms with Crippen molar-refractivity contribution in [1.82, 2.24) is 0 Å². The SMILES string of the molecule is CCCC1C=C2C(C(C)(C)C)=C1C2(C)c1ccccc1. The highest BCUT2D eigenvalue weighted by Gasteiger charge is 2.55. The highest BCUT2D eigenvalue weighted by atomic mass is 14.6. The summed E-state index contributed by atoms with van der Waals surface area (Å²) in [7, 11) is 0. The Balaban J connectivity index is 2.10. The van der Waals surface area contributed by atoms with E-state index in [0.717, 1.165) is 0 Å². The summed E-state index contributed by atoms with van der Waals surface area (Å²) < 4.78 is 0. The molecule has 20 heavy (non-hydrogen) atoms. The van der Waals surface area contributed by atoms with Gasteiger partial charge in [-0.1, -0.05) is 70.5 Å². The fraction of sp³-hybridized carbons (Fsp3) is 0.500. The lowest BCUT2D eigenvalue weighted by molar-refractivity contribution is 0.429. The van der Waals surface area contributed by atoms with Crippen molar-refractivity contribution in [3.05, 3.63) is 58.7 Å². The van der Waals surface area contributed by atoms with Gasteiger partial charge in [-0.15, -0.1) is 0 Å². The van der Waals surface area contributed by atoms with E-state index >= 15 is 0 Å². The van der Waals surface area contributed by atoms with Crippen molar-refractivity contribution in [2.75, 3.05) is 0 Å². The predicted octanol–water partition coefficient (Wildman–Crippen LogP) is 5.66. The Hall–Kier alpha value is -1.30. The topological polar surface area (TPSA) is 0 Å². The third-order valence-electron chi connectivity index (χ3n) is 5.06. The molecule has 2 bridgehead atoms. The highest BCUT2D eigenvalue weighted by molar-refractivity contribution is 5.72. The van der Waals surface area contributed by atoms with Crippen molar-refractivity contribution in [1.29, 1.82) is 0 Å². The van der Waals surface area contributed by atoms with E-state index in [4.69, 9.17) is 0 Å². The summed E-state index contributed by atoms with van der Waals surface area (Å²) in [6.45, 7) is 11.8. The van der Waals surface area contributed by atoms with Gasteiger partial charge in [-0.25, -0.2) is 0 Å². The lowest BCUT2D eigenvalue weighted by Crippen LogP contribution is -2.40. The third kappa shape index (κ3) is 1.67. The van der Waals surface area contributed by atoms with E-state index in [-0.39, 0.29) is 10.8 Å². The Morgan fingerprint density at radius 1 is 1.10 bits per heavy atom.